The molecule has 1 atom stereocenters. The van der Waals surface area contributed by atoms with E-state index in [-0.39, 0.29) is 12.4 Å². The predicted octanol–water partition coefficient (Wildman–Crippen LogP) is 4.51. The first-order chi connectivity index (χ1) is 14.9. The number of rotatable bonds is 7. The Morgan fingerprint density at radius 3 is 2.48 bits per heavy atom. The molecule has 1 heterocycles. The van der Waals surface area contributed by atoms with Gasteiger partial charge >= 0.3 is 12.0 Å². The molecule has 0 saturated carbocycles. The van der Waals surface area contributed by atoms with E-state index in [0.717, 1.165) is 5.56 Å². The molecule has 31 heavy (non-hydrogen) atoms. The summed E-state index contributed by atoms with van der Waals surface area (Å²) >= 11 is 0. The van der Waals surface area contributed by atoms with E-state index < -0.39 is 18.0 Å². The number of carbonyl (C=O) groups is 2. The molecule has 0 fully saturated rings. The monoisotopic (exact) mass is 425 g/mol. The first-order valence-electron chi connectivity index (χ1n) is 9.99. The summed E-state index contributed by atoms with van der Waals surface area (Å²) in [4.78, 5) is 28.6. The van der Waals surface area contributed by atoms with Crippen LogP contribution in [0.1, 0.15) is 20.8 Å². The zero-order chi connectivity index (χ0) is 22.4. The fourth-order valence-electron chi connectivity index (χ4n) is 3.01. The average molecular weight is 425 g/mol. The number of nitrogens with one attached hydrogen (secondary N) is 2. The number of carbonyl (C=O) groups excluding carboxylic acids is 2. The molecule has 2 N–H and O–H groups in total. The van der Waals surface area contributed by atoms with Gasteiger partial charge in [0.25, 0.3) is 0 Å². The van der Waals surface area contributed by atoms with Crippen LogP contribution in [0.4, 0.5) is 14.9 Å². The summed E-state index contributed by atoms with van der Waals surface area (Å²) in [6.45, 7) is 5.80. The maximum absolute atomic E-state index is 13.3. The summed E-state index contributed by atoms with van der Waals surface area (Å²) in [5.74, 6) is -0.232. The van der Waals surface area contributed by atoms with Crippen LogP contribution in [0.5, 0.6) is 5.75 Å². The van der Waals surface area contributed by atoms with Crippen LogP contribution in [0.15, 0.2) is 48.5 Å². The van der Waals surface area contributed by atoms with E-state index in [1.807, 2.05) is 6.92 Å². The van der Waals surface area contributed by atoms with Gasteiger partial charge in [0.2, 0.25) is 0 Å². The molecule has 0 aliphatic rings. The maximum Gasteiger partial charge on any atom is 0.328 e. The van der Waals surface area contributed by atoms with E-state index in [9.17, 15) is 14.0 Å². The van der Waals surface area contributed by atoms with Gasteiger partial charge in [-0.2, -0.15) is 0 Å². The van der Waals surface area contributed by atoms with Gasteiger partial charge in [-0.3, -0.25) is 0 Å². The molecule has 2 amide bonds. The molecule has 0 bridgehead atoms. The molecule has 8 heteroatoms. The summed E-state index contributed by atoms with van der Waals surface area (Å²) in [6, 6.07) is 11.8. The molecule has 0 radical (unpaired) electrons. The minimum absolute atomic E-state index is 0.240. The Morgan fingerprint density at radius 2 is 1.81 bits per heavy atom. The van der Waals surface area contributed by atoms with Crippen LogP contribution in [-0.4, -0.2) is 36.2 Å². The number of fused-ring (bicyclic) bond motifs is 1. The average Bonchev–Trinajstić information content (AvgIpc) is 2.74. The predicted molar refractivity (Wildman–Crippen MR) is 117 cm³/mol. The highest BCUT2D eigenvalue weighted by molar-refractivity contribution is 5.96. The first-order valence-corrected chi connectivity index (χ1v) is 9.99. The fraction of sp³-hybridized carbons (Fsp3) is 0.261. The number of ether oxygens (including phenoxy) is 2. The van der Waals surface area contributed by atoms with Gasteiger partial charge < -0.3 is 20.1 Å². The van der Waals surface area contributed by atoms with Gasteiger partial charge in [0.05, 0.1) is 24.4 Å². The van der Waals surface area contributed by atoms with E-state index in [4.69, 9.17) is 9.47 Å². The van der Waals surface area contributed by atoms with Crippen LogP contribution in [0.2, 0.25) is 0 Å². The molecule has 0 saturated heterocycles. The van der Waals surface area contributed by atoms with E-state index in [0.29, 0.717) is 34.6 Å². The van der Waals surface area contributed by atoms with E-state index in [2.05, 4.69) is 15.6 Å². The zero-order valence-electron chi connectivity index (χ0n) is 17.6. The lowest BCUT2D eigenvalue weighted by atomic mass is 10.1. The largest absolute Gasteiger partial charge is 0.493 e. The van der Waals surface area contributed by atoms with Crippen molar-refractivity contribution in [2.75, 3.05) is 18.5 Å². The molecule has 7 nitrogen and oxygen atoms in total. The van der Waals surface area contributed by atoms with Crippen molar-refractivity contribution in [2.24, 2.45) is 0 Å². The SMILES string of the molecule is CCOC(=O)[C@@H](C)NC(=O)Nc1ccc2nc(-c3ccc(F)cc3)cc(OCC)c2c1. The number of hydrogen-bond acceptors (Lipinski definition) is 5. The second-order valence-electron chi connectivity index (χ2n) is 6.75. The normalized spacial score (nSPS) is 11.6. The third kappa shape index (κ3) is 5.48. The van der Waals surface area contributed by atoms with Gasteiger partial charge in [0, 0.05) is 22.7 Å². The van der Waals surface area contributed by atoms with Crippen LogP contribution in [0.3, 0.4) is 0 Å². The third-order valence-electron chi connectivity index (χ3n) is 4.46. The lowest BCUT2D eigenvalue weighted by Crippen LogP contribution is -2.41. The molecular formula is C23H24FN3O4. The Balaban J connectivity index is 1.86. The zero-order valence-corrected chi connectivity index (χ0v) is 17.6. The number of halogens is 1. The van der Waals surface area contributed by atoms with Gasteiger partial charge in [-0.25, -0.2) is 19.0 Å². The Kier molecular flexibility index (Phi) is 7.02. The number of benzene rings is 2. The number of anilines is 1. The molecule has 1 aromatic heterocycles. The van der Waals surface area contributed by atoms with Gasteiger partial charge in [-0.05, 0) is 63.2 Å². The molecule has 0 aliphatic carbocycles. The summed E-state index contributed by atoms with van der Waals surface area (Å²) in [5, 5.41) is 5.95. The number of hydrogen-bond donors (Lipinski definition) is 2. The minimum atomic E-state index is -0.778. The molecule has 0 aliphatic heterocycles. The van der Waals surface area contributed by atoms with Crippen molar-refractivity contribution in [1.82, 2.24) is 10.3 Å². The summed E-state index contributed by atoms with van der Waals surface area (Å²) in [7, 11) is 0. The topological polar surface area (TPSA) is 89.5 Å². The second-order valence-corrected chi connectivity index (χ2v) is 6.75. The van der Waals surface area contributed by atoms with Gasteiger partial charge in [-0.15, -0.1) is 0 Å². The Labute approximate surface area is 179 Å². The number of urea groups is 1. The molecular weight excluding hydrogens is 401 g/mol. The summed E-state index contributed by atoms with van der Waals surface area (Å²) < 4.78 is 23.9. The Hall–Kier alpha value is -3.68. The summed E-state index contributed by atoms with van der Waals surface area (Å²) in [6.07, 6.45) is 0. The standard InChI is InChI=1S/C23H24FN3O4/c1-4-30-21-13-20(15-6-8-16(24)9-7-15)27-19-11-10-17(12-18(19)21)26-23(29)25-14(3)22(28)31-5-2/h6-14H,4-5H2,1-3H3,(H2,25,26,29)/t14-/m1/s1. The van der Waals surface area contributed by atoms with Crippen LogP contribution in [0.25, 0.3) is 22.2 Å². The van der Waals surface area contributed by atoms with Gasteiger partial charge in [0.15, 0.2) is 0 Å². The lowest BCUT2D eigenvalue weighted by Gasteiger charge is -2.15. The fourth-order valence-corrected chi connectivity index (χ4v) is 3.01. The number of esters is 1. The van der Waals surface area contributed by atoms with Crippen molar-refractivity contribution >= 4 is 28.6 Å². The lowest BCUT2D eigenvalue weighted by molar-refractivity contribution is -0.144. The minimum Gasteiger partial charge on any atom is -0.493 e. The van der Waals surface area contributed by atoms with Crippen molar-refractivity contribution in [3.8, 4) is 17.0 Å². The van der Waals surface area contributed by atoms with E-state index >= 15 is 0 Å². The quantitative estimate of drug-likeness (QED) is 0.544. The van der Waals surface area contributed by atoms with Crippen molar-refractivity contribution in [2.45, 2.75) is 26.8 Å². The van der Waals surface area contributed by atoms with Crippen molar-refractivity contribution in [3.05, 3.63) is 54.3 Å². The van der Waals surface area contributed by atoms with Crippen molar-refractivity contribution in [3.63, 3.8) is 0 Å². The van der Waals surface area contributed by atoms with E-state index in [1.165, 1.54) is 12.1 Å². The molecule has 0 unspecified atom stereocenters. The molecule has 162 valence electrons. The first kappa shape index (κ1) is 22.0. The Morgan fingerprint density at radius 1 is 1.06 bits per heavy atom. The van der Waals surface area contributed by atoms with Gasteiger partial charge in [-0.1, -0.05) is 0 Å². The Bertz CT molecular complexity index is 1090. The highest BCUT2D eigenvalue weighted by Crippen LogP contribution is 2.32. The third-order valence-corrected chi connectivity index (χ3v) is 4.46. The molecule has 2 aromatic carbocycles. The van der Waals surface area contributed by atoms with Crippen molar-refractivity contribution in [1.29, 1.82) is 0 Å². The number of aromatic nitrogens is 1. The van der Waals surface area contributed by atoms with Crippen molar-refractivity contribution < 1.29 is 23.5 Å². The highest BCUT2D eigenvalue weighted by atomic mass is 19.1. The molecule has 3 rings (SSSR count). The number of pyridine rings is 1. The van der Waals surface area contributed by atoms with Crippen LogP contribution in [-0.2, 0) is 9.53 Å². The number of nitrogens with zero attached hydrogens (tertiary/aromatic N) is 1. The number of amides is 2. The maximum atomic E-state index is 13.3. The second kappa shape index (κ2) is 9.88. The van der Waals surface area contributed by atoms with Gasteiger partial charge in [0.1, 0.15) is 17.6 Å². The smallest absolute Gasteiger partial charge is 0.328 e. The highest BCUT2D eigenvalue weighted by Gasteiger charge is 2.17. The summed E-state index contributed by atoms with van der Waals surface area (Å²) in [5.41, 5.74) is 2.59. The van der Waals surface area contributed by atoms with Crippen LogP contribution >= 0.6 is 0 Å². The molecule has 0 spiro atoms. The van der Waals surface area contributed by atoms with Crippen LogP contribution < -0.4 is 15.4 Å². The van der Waals surface area contributed by atoms with Crippen LogP contribution in [0, 0.1) is 5.82 Å². The molecule has 3 aromatic rings. The van der Waals surface area contributed by atoms with E-state index in [1.54, 1.807) is 50.2 Å².